The van der Waals surface area contributed by atoms with Gasteiger partial charge in [-0.15, -0.1) is 0 Å². The molecule has 0 radical (unpaired) electrons. The number of furan rings is 1. The number of para-hydroxylation sites is 1. The van der Waals surface area contributed by atoms with Gasteiger partial charge in [0, 0.05) is 31.1 Å². The molecule has 6 heteroatoms. The number of carbonyl (C=O) groups is 2. The predicted molar refractivity (Wildman–Crippen MR) is 90.8 cm³/mol. The highest BCUT2D eigenvalue weighted by atomic mass is 35.5. The van der Waals surface area contributed by atoms with Gasteiger partial charge in [-0.3, -0.25) is 9.59 Å². The molecule has 1 aromatic carbocycles. The molecule has 2 aromatic rings. The minimum atomic E-state index is -0.324. The average molecular weight is 337 g/mol. The van der Waals surface area contributed by atoms with E-state index in [1.165, 1.54) is 4.90 Å². The molecule has 23 heavy (non-hydrogen) atoms. The second-order valence-corrected chi connectivity index (χ2v) is 5.81. The maximum Gasteiger partial charge on any atom is 0.290 e. The van der Waals surface area contributed by atoms with Gasteiger partial charge in [0.05, 0.1) is 11.6 Å². The first-order valence-corrected chi connectivity index (χ1v) is 7.99. The number of hydrogen-bond donors (Lipinski definition) is 0. The van der Waals surface area contributed by atoms with Crippen LogP contribution in [0.25, 0.3) is 11.0 Å². The molecule has 0 N–H and O–H groups in total. The first-order valence-electron chi connectivity index (χ1n) is 7.61. The number of amides is 2. The van der Waals surface area contributed by atoms with Crippen LogP contribution in [-0.4, -0.2) is 48.3 Å². The summed E-state index contributed by atoms with van der Waals surface area (Å²) in [5.41, 5.74) is 1.23. The number of aryl methyl sites for hydroxylation is 1. The third-order valence-corrected chi connectivity index (χ3v) is 4.24. The van der Waals surface area contributed by atoms with Crippen LogP contribution in [-0.2, 0) is 4.79 Å². The lowest BCUT2D eigenvalue weighted by Crippen LogP contribution is -2.41. The van der Waals surface area contributed by atoms with Gasteiger partial charge in [0.25, 0.3) is 5.91 Å². The zero-order chi connectivity index (χ0) is 17.1. The molecule has 0 aliphatic carbocycles. The van der Waals surface area contributed by atoms with Crippen molar-refractivity contribution in [3.8, 4) is 0 Å². The summed E-state index contributed by atoms with van der Waals surface area (Å²) >= 11 is 6.11. The van der Waals surface area contributed by atoms with Gasteiger partial charge in [-0.25, -0.2) is 0 Å². The zero-order valence-electron chi connectivity index (χ0n) is 13.9. The Morgan fingerprint density at radius 2 is 1.87 bits per heavy atom. The number of fused-ring (bicyclic) bond motifs is 1. The number of likely N-dealkylation sites (N-methyl/N-ethyl adjacent to an activating group) is 2. The maximum atomic E-state index is 12.6. The Kier molecular flexibility index (Phi) is 5.31. The molecule has 0 bridgehead atoms. The Bertz CT molecular complexity index is 735. The summed E-state index contributed by atoms with van der Waals surface area (Å²) in [5.74, 6) is -0.184. The summed E-state index contributed by atoms with van der Waals surface area (Å²) in [4.78, 5) is 27.8. The number of carbonyl (C=O) groups excluding carboxylic acids is 2. The third-order valence-electron chi connectivity index (χ3n) is 3.95. The van der Waals surface area contributed by atoms with E-state index in [4.69, 9.17) is 16.0 Å². The molecule has 0 atom stereocenters. The van der Waals surface area contributed by atoms with Crippen molar-refractivity contribution in [1.29, 1.82) is 0 Å². The largest absolute Gasteiger partial charge is 0.449 e. The van der Waals surface area contributed by atoms with Crippen LogP contribution in [0.1, 0.15) is 30.0 Å². The molecule has 0 aliphatic heterocycles. The molecule has 0 fully saturated rings. The van der Waals surface area contributed by atoms with Crippen LogP contribution < -0.4 is 0 Å². The van der Waals surface area contributed by atoms with Crippen LogP contribution in [0.3, 0.4) is 0 Å². The molecular weight excluding hydrogens is 316 g/mol. The monoisotopic (exact) mass is 336 g/mol. The second kappa shape index (κ2) is 7.04. The Balaban J connectivity index is 2.25. The molecule has 0 saturated heterocycles. The number of hydrogen-bond acceptors (Lipinski definition) is 3. The van der Waals surface area contributed by atoms with Gasteiger partial charge in [0.1, 0.15) is 0 Å². The number of halogens is 1. The van der Waals surface area contributed by atoms with Crippen LogP contribution >= 0.6 is 11.6 Å². The lowest BCUT2D eigenvalue weighted by molar-refractivity contribution is -0.131. The smallest absolute Gasteiger partial charge is 0.290 e. The van der Waals surface area contributed by atoms with Crippen LogP contribution in [0.2, 0.25) is 5.02 Å². The van der Waals surface area contributed by atoms with Crippen molar-refractivity contribution in [2.75, 3.05) is 26.7 Å². The second-order valence-electron chi connectivity index (χ2n) is 5.40. The van der Waals surface area contributed by atoms with Gasteiger partial charge in [-0.05, 0) is 26.8 Å². The van der Waals surface area contributed by atoms with Gasteiger partial charge in [0.15, 0.2) is 11.3 Å². The molecule has 1 aromatic heterocycles. The fraction of sp³-hybridized carbons (Fsp3) is 0.412. The zero-order valence-corrected chi connectivity index (χ0v) is 14.6. The van der Waals surface area contributed by atoms with Crippen molar-refractivity contribution < 1.29 is 14.0 Å². The molecule has 0 saturated carbocycles. The van der Waals surface area contributed by atoms with Crippen LogP contribution in [0.4, 0.5) is 0 Å². The summed E-state index contributed by atoms with van der Waals surface area (Å²) in [7, 11) is 1.60. The maximum absolute atomic E-state index is 12.6. The molecular formula is C17H21ClN2O3. The normalized spacial score (nSPS) is 10.8. The van der Waals surface area contributed by atoms with Crippen LogP contribution in [0.15, 0.2) is 22.6 Å². The molecule has 0 aliphatic rings. The Morgan fingerprint density at radius 3 is 2.43 bits per heavy atom. The van der Waals surface area contributed by atoms with Crippen molar-refractivity contribution >= 4 is 34.4 Å². The van der Waals surface area contributed by atoms with Gasteiger partial charge in [0.2, 0.25) is 5.91 Å². The summed E-state index contributed by atoms with van der Waals surface area (Å²) < 4.78 is 5.66. The highest BCUT2D eigenvalue weighted by Gasteiger charge is 2.24. The van der Waals surface area contributed by atoms with Crippen molar-refractivity contribution in [3.63, 3.8) is 0 Å². The summed E-state index contributed by atoms with van der Waals surface area (Å²) in [6, 6.07) is 5.39. The fourth-order valence-electron chi connectivity index (χ4n) is 2.54. The van der Waals surface area contributed by atoms with Gasteiger partial charge in [-0.2, -0.15) is 0 Å². The lowest BCUT2D eigenvalue weighted by atomic mass is 10.1. The van der Waals surface area contributed by atoms with E-state index in [0.29, 0.717) is 23.7 Å². The Morgan fingerprint density at radius 1 is 1.22 bits per heavy atom. The van der Waals surface area contributed by atoms with E-state index in [2.05, 4.69) is 0 Å². The van der Waals surface area contributed by atoms with Crippen molar-refractivity contribution in [3.05, 3.63) is 34.5 Å². The van der Waals surface area contributed by atoms with Crippen molar-refractivity contribution in [2.24, 2.45) is 0 Å². The predicted octanol–water partition coefficient (Wildman–Crippen LogP) is 3.34. The highest BCUT2D eigenvalue weighted by Crippen LogP contribution is 2.31. The van der Waals surface area contributed by atoms with E-state index in [-0.39, 0.29) is 24.1 Å². The van der Waals surface area contributed by atoms with E-state index in [9.17, 15) is 9.59 Å². The molecule has 5 nitrogen and oxygen atoms in total. The lowest BCUT2D eigenvalue weighted by Gasteiger charge is -2.22. The molecule has 0 spiro atoms. The Hall–Kier alpha value is -2.01. The van der Waals surface area contributed by atoms with Gasteiger partial charge < -0.3 is 14.2 Å². The van der Waals surface area contributed by atoms with E-state index < -0.39 is 0 Å². The molecule has 0 unspecified atom stereocenters. The third kappa shape index (κ3) is 3.34. The van der Waals surface area contributed by atoms with Crippen LogP contribution in [0.5, 0.6) is 0 Å². The minimum Gasteiger partial charge on any atom is -0.449 e. The topological polar surface area (TPSA) is 53.8 Å². The first kappa shape index (κ1) is 17.3. The average Bonchev–Trinajstić information content (AvgIpc) is 2.86. The molecule has 1 heterocycles. The first-order chi connectivity index (χ1) is 10.9. The minimum absolute atomic E-state index is 0.0186. The van der Waals surface area contributed by atoms with E-state index in [0.717, 1.165) is 10.9 Å². The number of nitrogens with zero attached hydrogens (tertiary/aromatic N) is 2. The van der Waals surface area contributed by atoms with Crippen molar-refractivity contribution in [1.82, 2.24) is 9.80 Å². The summed E-state index contributed by atoms with van der Waals surface area (Å²) in [6.07, 6.45) is 0. The standard InChI is InChI=1S/C17H21ClN2O3/c1-5-20(6-2)14(21)10-19(4)17(22)15-11(3)12-8-7-9-13(18)16(12)23-15/h7-9H,5-6,10H2,1-4H3. The van der Waals surface area contributed by atoms with Gasteiger partial charge >= 0.3 is 0 Å². The molecule has 2 amide bonds. The summed E-state index contributed by atoms with van der Waals surface area (Å²) in [6.45, 7) is 6.90. The Labute approximate surface area is 140 Å². The number of rotatable bonds is 5. The van der Waals surface area contributed by atoms with Gasteiger partial charge in [-0.1, -0.05) is 23.7 Å². The van der Waals surface area contributed by atoms with Crippen LogP contribution in [0, 0.1) is 6.92 Å². The quantitative estimate of drug-likeness (QED) is 0.841. The molecule has 2 rings (SSSR count). The van der Waals surface area contributed by atoms with E-state index in [1.807, 2.05) is 32.9 Å². The highest BCUT2D eigenvalue weighted by molar-refractivity contribution is 6.35. The number of benzene rings is 1. The summed E-state index contributed by atoms with van der Waals surface area (Å²) in [5, 5.41) is 1.27. The fourth-order valence-corrected chi connectivity index (χ4v) is 2.75. The van der Waals surface area contributed by atoms with Crippen molar-refractivity contribution in [2.45, 2.75) is 20.8 Å². The van der Waals surface area contributed by atoms with E-state index >= 15 is 0 Å². The SMILES string of the molecule is CCN(CC)C(=O)CN(C)C(=O)c1oc2c(Cl)cccc2c1C. The molecule has 124 valence electrons. The van der Waals surface area contributed by atoms with E-state index in [1.54, 1.807) is 18.0 Å².